The van der Waals surface area contributed by atoms with Crippen LogP contribution in [0, 0.1) is 0 Å². The van der Waals surface area contributed by atoms with Crippen molar-refractivity contribution in [3.05, 3.63) is 35.9 Å². The third-order valence-electron chi connectivity index (χ3n) is 3.47. The number of hydrogen-bond acceptors (Lipinski definition) is 4. The molecule has 0 aromatic heterocycles. The van der Waals surface area contributed by atoms with Crippen LogP contribution in [0.5, 0.6) is 0 Å². The lowest BCUT2D eigenvalue weighted by molar-refractivity contribution is -0.469. The Morgan fingerprint density at radius 3 is 2.22 bits per heavy atom. The van der Waals surface area contributed by atoms with E-state index in [1.165, 1.54) is 0 Å². The summed E-state index contributed by atoms with van der Waals surface area (Å²) in [5.41, 5.74) is 1.000. The van der Waals surface area contributed by atoms with Crippen LogP contribution in [0.15, 0.2) is 30.3 Å². The molecule has 1 amide bonds. The van der Waals surface area contributed by atoms with Crippen molar-refractivity contribution in [3.8, 4) is 0 Å². The van der Waals surface area contributed by atoms with Crippen molar-refractivity contribution in [2.45, 2.75) is 5.91 Å². The van der Waals surface area contributed by atoms with Gasteiger partial charge in [-0.25, -0.2) is 4.90 Å². The van der Waals surface area contributed by atoms with Crippen LogP contribution in [-0.2, 0) is 20.2 Å². The van der Waals surface area contributed by atoms with E-state index in [9.17, 15) is 4.79 Å². The van der Waals surface area contributed by atoms with E-state index >= 15 is 0 Å². The van der Waals surface area contributed by atoms with E-state index in [-0.39, 0.29) is 0 Å². The van der Waals surface area contributed by atoms with Crippen LogP contribution >= 0.6 is 0 Å². The van der Waals surface area contributed by atoms with Crippen LogP contribution < -0.4 is 0 Å². The van der Waals surface area contributed by atoms with Crippen LogP contribution in [0.2, 0.25) is 0 Å². The van der Waals surface area contributed by atoms with Gasteiger partial charge in [-0.2, -0.15) is 0 Å². The van der Waals surface area contributed by atoms with Crippen molar-refractivity contribution < 1.29 is 14.3 Å². The fraction of sp³-hybridized carbons (Fsp3) is 0.462. The first-order chi connectivity index (χ1) is 8.85. The molecule has 1 aromatic rings. The minimum absolute atomic E-state index is 0.314. The summed E-state index contributed by atoms with van der Waals surface area (Å²) >= 11 is 0. The molecule has 0 spiro atoms. The summed E-state index contributed by atoms with van der Waals surface area (Å²) in [6.45, 7) is 3.08. The van der Waals surface area contributed by atoms with Crippen molar-refractivity contribution in [1.82, 2.24) is 9.80 Å². The highest BCUT2D eigenvalue weighted by atomic mass is 16.9. The van der Waals surface area contributed by atoms with Gasteiger partial charge < -0.3 is 14.4 Å². The first kappa shape index (κ1) is 11.6. The van der Waals surface area contributed by atoms with E-state index in [4.69, 9.17) is 9.47 Å². The Balaban J connectivity index is 1.79. The molecule has 2 fully saturated rings. The maximum absolute atomic E-state index is 10.6. The average molecular weight is 247 g/mol. The molecule has 0 aliphatic carbocycles. The van der Waals surface area contributed by atoms with E-state index < -0.39 is 5.91 Å². The monoisotopic (exact) mass is 247 g/mol. The fourth-order valence-electron chi connectivity index (χ4n) is 2.44. The maximum Gasteiger partial charge on any atom is 0.312 e. The van der Waals surface area contributed by atoms with Gasteiger partial charge in [0, 0.05) is 31.7 Å². The summed E-state index contributed by atoms with van der Waals surface area (Å²) in [4.78, 5) is 14.4. The second kappa shape index (κ2) is 4.68. The first-order valence-electron chi connectivity index (χ1n) is 6.06. The molecule has 2 saturated heterocycles. The Morgan fingerprint density at radius 1 is 1.06 bits per heavy atom. The summed E-state index contributed by atoms with van der Waals surface area (Å²) in [6.07, 6.45) is 1.93. The smallest absolute Gasteiger partial charge is 0.312 e. The maximum atomic E-state index is 10.6. The molecular weight excluding hydrogens is 232 g/mol. The van der Waals surface area contributed by atoms with Gasteiger partial charge in [-0.15, -0.1) is 0 Å². The van der Waals surface area contributed by atoms with Gasteiger partial charge in [0.25, 0.3) is 5.91 Å². The Hall–Kier alpha value is -1.43. The van der Waals surface area contributed by atoms with Crippen molar-refractivity contribution >= 4 is 6.41 Å². The molecule has 0 unspecified atom stereocenters. The van der Waals surface area contributed by atoms with Gasteiger partial charge in [-0.1, -0.05) is 30.3 Å². The van der Waals surface area contributed by atoms with Crippen LogP contribution in [0.25, 0.3) is 0 Å². The molecule has 18 heavy (non-hydrogen) atoms. The third-order valence-corrected chi connectivity index (χ3v) is 3.47. The quantitative estimate of drug-likeness (QED) is 0.779. The number of carbonyl (C=O) groups excluding carboxylic acids is 1. The zero-order valence-corrected chi connectivity index (χ0v) is 10.0. The van der Waals surface area contributed by atoms with Crippen molar-refractivity contribution in [2.75, 3.05) is 33.0 Å². The number of rotatable bonds is 3. The van der Waals surface area contributed by atoms with Crippen molar-refractivity contribution in [1.29, 1.82) is 0 Å². The van der Waals surface area contributed by atoms with Gasteiger partial charge in [0.15, 0.2) is 6.79 Å². The number of piperazine rings is 1. The van der Waals surface area contributed by atoms with Crippen LogP contribution in [0.3, 0.4) is 0 Å². The molecule has 5 nitrogen and oxygen atoms in total. The van der Waals surface area contributed by atoms with Gasteiger partial charge in [0.2, 0.25) is 0 Å². The SMILES string of the molecule is O=[C]N1CCN(C2(c3ccccc3)OCO2)CC1. The predicted molar refractivity (Wildman–Crippen MR) is 64.0 cm³/mol. The molecule has 95 valence electrons. The summed E-state index contributed by atoms with van der Waals surface area (Å²) < 4.78 is 11.4. The molecule has 2 aliphatic rings. The van der Waals surface area contributed by atoms with Gasteiger partial charge in [-0.3, -0.25) is 4.79 Å². The van der Waals surface area contributed by atoms with Gasteiger partial charge >= 0.3 is 6.41 Å². The van der Waals surface area contributed by atoms with Crippen molar-refractivity contribution in [3.63, 3.8) is 0 Å². The highest BCUT2D eigenvalue weighted by Gasteiger charge is 2.48. The molecule has 0 atom stereocenters. The second-order valence-electron chi connectivity index (χ2n) is 4.42. The first-order valence-corrected chi connectivity index (χ1v) is 6.06. The number of hydrogen-bond donors (Lipinski definition) is 0. The van der Waals surface area contributed by atoms with E-state index in [0.717, 1.165) is 18.7 Å². The average Bonchev–Trinajstić information content (AvgIpc) is 2.40. The van der Waals surface area contributed by atoms with Gasteiger partial charge in [0.1, 0.15) is 0 Å². The third kappa shape index (κ3) is 1.80. The lowest BCUT2D eigenvalue weighted by atomic mass is 10.1. The normalized spacial score (nSPS) is 23.4. The molecular formula is C13H15N2O3. The highest BCUT2D eigenvalue weighted by Crippen LogP contribution is 2.38. The van der Waals surface area contributed by atoms with E-state index in [1.54, 1.807) is 4.90 Å². The Morgan fingerprint density at radius 2 is 1.72 bits per heavy atom. The minimum atomic E-state index is -0.754. The number of nitrogens with zero attached hydrogens (tertiary/aromatic N) is 2. The van der Waals surface area contributed by atoms with Crippen molar-refractivity contribution in [2.24, 2.45) is 0 Å². The second-order valence-corrected chi connectivity index (χ2v) is 4.42. The summed E-state index contributed by atoms with van der Waals surface area (Å²) in [7, 11) is 0. The predicted octanol–water partition coefficient (Wildman–Crippen LogP) is 0.486. The number of benzene rings is 1. The van der Waals surface area contributed by atoms with E-state index in [0.29, 0.717) is 19.9 Å². The molecule has 1 radical (unpaired) electrons. The molecule has 3 rings (SSSR count). The largest absolute Gasteiger partial charge is 0.332 e. The van der Waals surface area contributed by atoms with Gasteiger partial charge in [0.05, 0.1) is 0 Å². The fourth-order valence-corrected chi connectivity index (χ4v) is 2.44. The molecule has 2 heterocycles. The number of ether oxygens (including phenoxy) is 2. The summed E-state index contributed by atoms with van der Waals surface area (Å²) in [5.74, 6) is -0.754. The zero-order valence-electron chi connectivity index (χ0n) is 10.0. The molecule has 5 heteroatoms. The topological polar surface area (TPSA) is 42.0 Å². The summed E-state index contributed by atoms with van der Waals surface area (Å²) in [6, 6.07) is 9.90. The zero-order chi connectivity index (χ0) is 12.4. The standard InChI is InChI=1S/C13H15N2O3/c16-10-14-6-8-15(9-7-14)13(17-11-18-13)12-4-2-1-3-5-12/h1-5H,6-9,11H2. The minimum Gasteiger partial charge on any atom is -0.332 e. The van der Waals surface area contributed by atoms with E-state index in [1.807, 2.05) is 36.7 Å². The van der Waals surface area contributed by atoms with E-state index in [2.05, 4.69) is 4.90 Å². The number of amides is 1. The highest BCUT2D eigenvalue weighted by molar-refractivity contribution is 5.48. The Labute approximate surface area is 106 Å². The lowest BCUT2D eigenvalue weighted by Gasteiger charge is -2.50. The van der Waals surface area contributed by atoms with Crippen LogP contribution in [0.1, 0.15) is 5.56 Å². The molecule has 2 aliphatic heterocycles. The van der Waals surface area contributed by atoms with Crippen LogP contribution in [0.4, 0.5) is 0 Å². The Kier molecular flexibility index (Phi) is 3.03. The Bertz CT molecular complexity index is 412. The molecule has 1 aromatic carbocycles. The molecule has 0 saturated carbocycles. The summed E-state index contributed by atoms with van der Waals surface area (Å²) in [5, 5.41) is 0. The van der Waals surface area contributed by atoms with Gasteiger partial charge in [-0.05, 0) is 0 Å². The molecule has 0 N–H and O–H groups in total. The lowest BCUT2D eigenvalue weighted by Crippen LogP contribution is -2.62. The van der Waals surface area contributed by atoms with Crippen LogP contribution in [-0.4, -0.2) is 49.2 Å². The molecule has 0 bridgehead atoms.